The van der Waals surface area contributed by atoms with E-state index in [-0.39, 0.29) is 28.8 Å². The minimum absolute atomic E-state index is 0.203. The number of carbonyl (C=O) groups excluding carboxylic acids is 2. The van der Waals surface area contributed by atoms with Gasteiger partial charge in [0.05, 0.1) is 17.6 Å². The third-order valence-electron chi connectivity index (χ3n) is 6.23. The number of hydrogen-bond acceptors (Lipinski definition) is 5. The van der Waals surface area contributed by atoms with E-state index in [0.717, 1.165) is 10.5 Å². The van der Waals surface area contributed by atoms with Crippen LogP contribution < -0.4 is 16.2 Å². The molecule has 196 valence electrons. The summed E-state index contributed by atoms with van der Waals surface area (Å²) in [5.74, 6) is -0.495. The monoisotopic (exact) mass is 538 g/mol. The molecule has 0 aliphatic rings. The summed E-state index contributed by atoms with van der Waals surface area (Å²) in [5, 5.41) is 5.05. The van der Waals surface area contributed by atoms with Crippen LogP contribution in [0.25, 0.3) is 5.69 Å². The Bertz CT molecular complexity index is 1660. The molecule has 2 amide bonds. The number of benzene rings is 3. The summed E-state index contributed by atoms with van der Waals surface area (Å²) < 4.78 is 8.42. The van der Waals surface area contributed by atoms with Gasteiger partial charge in [-0.05, 0) is 55.0 Å². The summed E-state index contributed by atoms with van der Waals surface area (Å²) in [4.78, 5) is 40.3. The topological polar surface area (TPSA) is 98.3 Å². The first-order chi connectivity index (χ1) is 18.9. The van der Waals surface area contributed by atoms with Crippen molar-refractivity contribution in [3.8, 4) is 5.69 Å². The van der Waals surface area contributed by atoms with Crippen LogP contribution in [-0.2, 0) is 11.8 Å². The molecule has 2 aromatic heterocycles. The summed E-state index contributed by atoms with van der Waals surface area (Å²) in [6, 6.07) is 29.1. The molecule has 0 saturated heterocycles. The van der Waals surface area contributed by atoms with Crippen LogP contribution in [0.4, 0.5) is 11.4 Å². The number of anilines is 2. The Labute approximate surface area is 229 Å². The van der Waals surface area contributed by atoms with Gasteiger partial charge in [0, 0.05) is 17.6 Å². The summed E-state index contributed by atoms with van der Waals surface area (Å²) in [7, 11) is 1.78. The van der Waals surface area contributed by atoms with Crippen LogP contribution >= 0.6 is 11.8 Å². The molecule has 39 heavy (non-hydrogen) atoms. The van der Waals surface area contributed by atoms with Crippen LogP contribution in [-0.4, -0.2) is 21.2 Å². The van der Waals surface area contributed by atoms with Crippen LogP contribution in [0.5, 0.6) is 0 Å². The Morgan fingerprint density at radius 3 is 2.28 bits per heavy atom. The Kier molecular flexibility index (Phi) is 7.51. The lowest BCUT2D eigenvalue weighted by molar-refractivity contribution is -0.115. The molecule has 5 aromatic rings. The van der Waals surface area contributed by atoms with Crippen molar-refractivity contribution in [1.82, 2.24) is 9.36 Å². The minimum atomic E-state index is -0.661. The maximum Gasteiger partial charge on any atom is 0.295 e. The van der Waals surface area contributed by atoms with Gasteiger partial charge in [-0.15, -0.1) is 11.8 Å². The average Bonchev–Trinajstić information content (AvgIpc) is 3.57. The van der Waals surface area contributed by atoms with Crippen molar-refractivity contribution in [2.45, 2.75) is 17.1 Å². The zero-order chi connectivity index (χ0) is 27.4. The highest BCUT2D eigenvalue weighted by molar-refractivity contribution is 8.00. The molecule has 0 fully saturated rings. The highest BCUT2D eigenvalue weighted by Crippen LogP contribution is 2.37. The van der Waals surface area contributed by atoms with E-state index in [1.165, 1.54) is 22.7 Å². The zero-order valence-electron chi connectivity index (χ0n) is 21.3. The van der Waals surface area contributed by atoms with Crippen molar-refractivity contribution in [3.05, 3.63) is 131 Å². The molecule has 2 N–H and O–H groups in total. The van der Waals surface area contributed by atoms with Crippen LogP contribution in [0.2, 0.25) is 0 Å². The van der Waals surface area contributed by atoms with Gasteiger partial charge < -0.3 is 15.1 Å². The molecule has 0 saturated carbocycles. The van der Waals surface area contributed by atoms with Gasteiger partial charge in [0.2, 0.25) is 5.91 Å². The predicted molar refractivity (Wildman–Crippen MR) is 153 cm³/mol. The van der Waals surface area contributed by atoms with E-state index in [4.69, 9.17) is 4.42 Å². The van der Waals surface area contributed by atoms with Gasteiger partial charge in [-0.3, -0.25) is 19.1 Å². The molecule has 8 nitrogen and oxygen atoms in total. The number of para-hydroxylation sites is 1. The third kappa shape index (κ3) is 5.58. The Morgan fingerprint density at radius 1 is 0.872 bits per heavy atom. The number of carbonyl (C=O) groups is 2. The average molecular weight is 539 g/mol. The van der Waals surface area contributed by atoms with Gasteiger partial charge in [-0.25, -0.2) is 4.68 Å². The maximum atomic E-state index is 13.7. The molecule has 3 aromatic carbocycles. The fourth-order valence-corrected chi connectivity index (χ4v) is 5.27. The second kappa shape index (κ2) is 11.3. The number of nitrogens with one attached hydrogen (secondary N) is 2. The van der Waals surface area contributed by atoms with Crippen LogP contribution in [0, 0.1) is 6.92 Å². The molecular formula is C30H26N4O4S. The van der Waals surface area contributed by atoms with E-state index in [0.29, 0.717) is 17.1 Å². The van der Waals surface area contributed by atoms with Crippen molar-refractivity contribution >= 4 is 35.0 Å². The van der Waals surface area contributed by atoms with E-state index < -0.39 is 5.25 Å². The van der Waals surface area contributed by atoms with E-state index in [9.17, 15) is 14.4 Å². The molecule has 1 atom stereocenters. The van der Waals surface area contributed by atoms with Gasteiger partial charge in [-0.2, -0.15) is 0 Å². The first-order valence-corrected chi connectivity index (χ1v) is 13.1. The molecule has 9 heteroatoms. The lowest BCUT2D eigenvalue weighted by Crippen LogP contribution is -2.25. The lowest BCUT2D eigenvalue weighted by atomic mass is 10.1. The molecule has 0 aliphatic heterocycles. The molecule has 0 aliphatic carbocycles. The number of thioether (sulfide) groups is 1. The van der Waals surface area contributed by atoms with Gasteiger partial charge in [0.25, 0.3) is 11.5 Å². The molecule has 0 spiro atoms. The Hall–Kier alpha value is -4.76. The van der Waals surface area contributed by atoms with Crippen molar-refractivity contribution in [3.63, 3.8) is 0 Å². The number of nitrogens with zero attached hydrogens (tertiary/aromatic N) is 2. The summed E-state index contributed by atoms with van der Waals surface area (Å²) >= 11 is 1.32. The molecule has 5 rings (SSSR count). The van der Waals surface area contributed by atoms with E-state index >= 15 is 0 Å². The first-order valence-electron chi connectivity index (χ1n) is 12.2. The highest BCUT2D eigenvalue weighted by atomic mass is 32.2. The van der Waals surface area contributed by atoms with Crippen molar-refractivity contribution in [1.29, 1.82) is 0 Å². The Balaban J connectivity index is 1.42. The third-order valence-corrected chi connectivity index (χ3v) is 7.48. The molecule has 2 heterocycles. The summed E-state index contributed by atoms with van der Waals surface area (Å²) in [6.07, 6.45) is 1.44. The fraction of sp³-hybridized carbons (Fsp3) is 0.100. The zero-order valence-corrected chi connectivity index (χ0v) is 22.1. The number of aromatic nitrogens is 2. The summed E-state index contributed by atoms with van der Waals surface area (Å²) in [6.45, 7) is 1.80. The van der Waals surface area contributed by atoms with Crippen LogP contribution in [0.15, 0.2) is 117 Å². The minimum Gasteiger partial charge on any atom is -0.459 e. The molecular weight excluding hydrogens is 512 g/mol. The second-order valence-corrected chi connectivity index (χ2v) is 9.97. The van der Waals surface area contributed by atoms with Crippen LogP contribution in [0.3, 0.4) is 0 Å². The maximum absolute atomic E-state index is 13.7. The quantitative estimate of drug-likeness (QED) is 0.243. The highest BCUT2D eigenvalue weighted by Gasteiger charge is 2.26. The second-order valence-electron chi connectivity index (χ2n) is 8.79. The van der Waals surface area contributed by atoms with Gasteiger partial charge in [0.15, 0.2) is 5.76 Å². The van der Waals surface area contributed by atoms with E-state index in [2.05, 4.69) is 10.6 Å². The van der Waals surface area contributed by atoms with Crippen LogP contribution in [0.1, 0.15) is 27.1 Å². The fourth-order valence-electron chi connectivity index (χ4n) is 4.19. The Morgan fingerprint density at radius 2 is 1.59 bits per heavy atom. The van der Waals surface area contributed by atoms with Gasteiger partial charge in [-0.1, -0.05) is 54.6 Å². The van der Waals surface area contributed by atoms with Crippen molar-refractivity contribution < 1.29 is 14.0 Å². The SMILES string of the molecule is Cc1c(NC(=O)C(Sc2cccc(NC(=O)c3ccco3)c2)c2ccccc2)c(=O)n(-c2ccccc2)n1C. The van der Waals surface area contributed by atoms with Gasteiger partial charge in [0.1, 0.15) is 10.9 Å². The molecule has 0 bridgehead atoms. The largest absolute Gasteiger partial charge is 0.459 e. The summed E-state index contributed by atoms with van der Waals surface area (Å²) in [5.41, 5.74) is 2.61. The molecule has 0 radical (unpaired) electrons. The normalized spacial score (nSPS) is 11.6. The first kappa shape index (κ1) is 25.9. The lowest BCUT2D eigenvalue weighted by Gasteiger charge is -2.17. The van der Waals surface area contributed by atoms with E-state index in [1.54, 1.807) is 49.0 Å². The van der Waals surface area contributed by atoms with E-state index in [1.807, 2.05) is 66.7 Å². The smallest absolute Gasteiger partial charge is 0.295 e. The molecule has 1 unspecified atom stereocenters. The predicted octanol–water partition coefficient (Wildman–Crippen LogP) is 5.80. The van der Waals surface area contributed by atoms with Crippen molar-refractivity contribution in [2.75, 3.05) is 10.6 Å². The number of hydrogen-bond donors (Lipinski definition) is 2. The number of amides is 2. The van der Waals surface area contributed by atoms with Gasteiger partial charge >= 0.3 is 0 Å². The number of rotatable bonds is 8. The number of furan rings is 1. The standard InChI is InChI=1S/C30H26N4O4S/c1-20-26(30(37)34(33(20)2)23-14-7-4-8-15-23)32-29(36)27(21-11-5-3-6-12-21)39-24-16-9-13-22(19-24)31-28(35)25-17-10-18-38-25/h3-19,27H,1-2H3,(H,31,35)(H,32,36). The van der Waals surface area contributed by atoms with Crippen molar-refractivity contribution in [2.24, 2.45) is 7.05 Å².